The number of fused-ring (bicyclic) bond motifs is 3. The number of benzene rings is 6. The second-order valence-electron chi connectivity index (χ2n) is 33.9. The molecule has 2 saturated heterocycles. The van der Waals surface area contributed by atoms with Gasteiger partial charge in [0.15, 0.2) is 17.2 Å². The number of hydrogen-bond acceptors (Lipinski definition) is 33. The topological polar surface area (TPSA) is 575 Å². The Balaban J connectivity index is 0.0000237. The number of carbonyl (C=O) groups is 10. The van der Waals surface area contributed by atoms with Crippen molar-refractivity contribution in [1.29, 1.82) is 0 Å². The zero-order chi connectivity index (χ0) is 104. The van der Waals surface area contributed by atoms with Gasteiger partial charge in [0, 0.05) is 106 Å². The van der Waals surface area contributed by atoms with Gasteiger partial charge in [0.05, 0.1) is 156 Å². The Hall–Kier alpha value is -11.0. The van der Waals surface area contributed by atoms with Gasteiger partial charge in [-0.1, -0.05) is 91.0 Å². The van der Waals surface area contributed by atoms with Crippen molar-refractivity contribution in [2.75, 3.05) is 170 Å². The molecule has 788 valence electrons. The van der Waals surface area contributed by atoms with E-state index in [0.717, 1.165) is 41.7 Å². The molecule has 2 fully saturated rings. The molecule has 7 aromatic carbocycles. The van der Waals surface area contributed by atoms with Crippen LogP contribution >= 0.6 is 23.5 Å². The third-order valence-electron chi connectivity index (χ3n) is 23.7. The largest absolute Gasteiger partial charge is 1.00 e. The van der Waals surface area contributed by atoms with Crippen molar-refractivity contribution in [3.8, 4) is 62.1 Å². The monoisotopic (exact) mass is 2080 g/mol. The average molecular weight is 2080 g/mol. The Morgan fingerprint density at radius 1 is 0.438 bits per heavy atom. The van der Waals surface area contributed by atoms with E-state index in [4.69, 9.17) is 66.3 Å². The molecule has 16 N–H and O–H groups in total. The smallest absolute Gasteiger partial charge is 0.493 e. The summed E-state index contributed by atoms with van der Waals surface area (Å²) < 4.78 is 80.4. The predicted octanol–water partition coefficient (Wildman–Crippen LogP) is 1.16. The van der Waals surface area contributed by atoms with Gasteiger partial charge in [-0.2, -0.15) is 23.5 Å². The SMILES string of the molecule is COc1cc2c(c(OC)c1OC)-c1ccc(OC)c(=O)cc1C(NC(=O)CCC(=O)NCCOCCOCCOCCOCCOCCOc1cc(C(=O)NCCSCCCO[C@]3(C(=O)O)C[C@H](O)[C@@H](NC(C)=O)[C@H](C(O)[C@H](O)CNC(=O)c4ccc(-c5ccccc5)cc4)O3)ccc1C(=O)NCCSCCCO[C@]1(C(=O)O)C[C@H](O)[C@@H](NC(C)=O)[C@H](C(O)[C@H](O)CNC(=O)c3ccc(-c4ccccc4)cc3)O1)CC2.[Na+]. The number of aliphatic hydroxyl groups is 6. The van der Waals surface area contributed by atoms with E-state index in [0.29, 0.717) is 69.8 Å². The van der Waals surface area contributed by atoms with Crippen LogP contribution < -0.4 is 101 Å². The molecule has 2 heterocycles. The van der Waals surface area contributed by atoms with Crippen LogP contribution in [0.1, 0.15) is 117 Å². The Morgan fingerprint density at radius 2 is 0.877 bits per heavy atom. The summed E-state index contributed by atoms with van der Waals surface area (Å²) in [6.07, 6.45) is -14.7. The van der Waals surface area contributed by atoms with E-state index in [2.05, 4.69) is 42.5 Å². The number of carboxylic acids is 2. The normalized spacial score (nSPS) is 19.1. The first-order chi connectivity index (χ1) is 69.9. The molecule has 146 heavy (non-hydrogen) atoms. The summed E-state index contributed by atoms with van der Waals surface area (Å²) in [4.78, 5) is 144. The van der Waals surface area contributed by atoms with E-state index in [1.807, 2.05) is 66.7 Å². The van der Waals surface area contributed by atoms with Crippen LogP contribution in [0.25, 0.3) is 33.4 Å². The van der Waals surface area contributed by atoms with Crippen molar-refractivity contribution < 1.29 is 185 Å². The zero-order valence-corrected chi connectivity index (χ0v) is 86.2. The Bertz CT molecular complexity index is 5460. The van der Waals surface area contributed by atoms with Crippen molar-refractivity contribution in [2.45, 2.75) is 144 Å². The number of aliphatic carboxylic acids is 2. The summed E-state index contributed by atoms with van der Waals surface area (Å²) in [5.41, 5.74) is 6.58. The fourth-order valence-corrected chi connectivity index (χ4v) is 17.9. The van der Waals surface area contributed by atoms with Crippen LogP contribution in [0.3, 0.4) is 0 Å². The Kier molecular flexibility index (Phi) is 49.6. The molecular formula is C102H130N8NaO33S2+. The minimum Gasteiger partial charge on any atom is -0.493 e. The molecule has 0 aromatic heterocycles. The molecule has 3 unspecified atom stereocenters. The van der Waals surface area contributed by atoms with Gasteiger partial charge in [0.25, 0.3) is 35.2 Å². The molecule has 41 nitrogen and oxygen atoms in total. The molecule has 0 radical (unpaired) electrons. The summed E-state index contributed by atoms with van der Waals surface area (Å²) in [6, 6.07) is 39.7. The number of rotatable bonds is 61. The van der Waals surface area contributed by atoms with E-state index < -0.39 is 152 Å². The maximum absolute atomic E-state index is 13.9. The van der Waals surface area contributed by atoms with E-state index in [9.17, 15) is 93.6 Å². The van der Waals surface area contributed by atoms with E-state index >= 15 is 0 Å². The molecule has 44 heteroatoms. The van der Waals surface area contributed by atoms with Crippen molar-refractivity contribution in [2.24, 2.45) is 0 Å². The number of amides is 8. The number of carboxylic acid groups (broad SMARTS) is 2. The quantitative estimate of drug-likeness (QED) is 0.0188. The maximum Gasteiger partial charge on any atom is 1.00 e. The van der Waals surface area contributed by atoms with Gasteiger partial charge in [0.2, 0.25) is 34.8 Å². The number of nitrogens with one attached hydrogen (secondary N) is 8. The van der Waals surface area contributed by atoms with Crippen molar-refractivity contribution in [1.82, 2.24) is 42.5 Å². The first-order valence-corrected chi connectivity index (χ1v) is 49.8. The standard InChI is InChI=1S/C102H130N8O33S2.Na/c1-62(111)108-87-77(114)58-101(99(126)127,142-93(87)89(120)79(116)60-106-95(122)68-23-19-66(20-24-68)64-15-9-7-10-16-64)140-38-13-51-144-53-36-104-97(124)71-27-29-73(98(125)105-37-54-145-52-14-39-141-102(100(128)129)59-78(115)88(109-63(2)112)94(143-102)90(121)80(117)61-107-96(123)69-25-21-67(22-26-69)65-17-11-8-12-18-65)82(56-71)139-50-49-138-48-47-137-46-45-136-44-43-135-42-41-134-40-35-103-84(118)33-34-85(119)110-75-31-28-70-55-83(131-4)91(132-5)92(133-6)86(70)72-30-32-81(130-3)76(113)57-74(72)75;/h7-12,15-27,29-30,32,55-57,75,77-80,87-90,93-94,114-117,120-121H,13-14,28,31,33-54,58-61H2,1-6H3,(H,103,118)(H,104,124)(H,105,125)(H,106,122)(H,107,123)(H,108,111)(H,109,112)(H,110,119)(H,126,127)(H,128,129);/q;+1/t75?,77-,78-,79+,80+,87+,88+,89?,90?,93+,94+,101+,102+;/m0./s1. The first-order valence-electron chi connectivity index (χ1n) is 47.5. The van der Waals surface area contributed by atoms with Crippen molar-refractivity contribution in [3.63, 3.8) is 0 Å². The fourth-order valence-electron chi connectivity index (χ4n) is 16.4. The first kappa shape index (κ1) is 119. The van der Waals surface area contributed by atoms with Crippen LogP contribution in [-0.4, -0.2) is 343 Å². The minimum absolute atomic E-state index is 0. The number of carbonyl (C=O) groups excluding carboxylic acids is 8. The molecule has 0 saturated carbocycles. The van der Waals surface area contributed by atoms with Gasteiger partial charge < -0.3 is 150 Å². The molecule has 1 aliphatic carbocycles. The molecular weight excluding hydrogens is 1950 g/mol. The van der Waals surface area contributed by atoms with Gasteiger partial charge in [-0.3, -0.25) is 43.2 Å². The number of hydrogen-bond donors (Lipinski definition) is 16. The molecule has 0 bridgehead atoms. The summed E-state index contributed by atoms with van der Waals surface area (Å²) in [6.45, 7) is 3.15. The van der Waals surface area contributed by atoms with Crippen LogP contribution in [0.15, 0.2) is 156 Å². The molecule has 7 aromatic rings. The molecule has 10 rings (SSSR count). The average Bonchev–Trinajstić information content (AvgIpc) is 1.14. The molecule has 2 aliphatic heterocycles. The third kappa shape index (κ3) is 35.1. The number of methoxy groups -OCH3 is 4. The van der Waals surface area contributed by atoms with Crippen molar-refractivity contribution in [3.05, 3.63) is 195 Å². The summed E-state index contributed by atoms with van der Waals surface area (Å²) in [5, 5.41) is 111. The van der Waals surface area contributed by atoms with Crippen LogP contribution in [-0.2, 0) is 77.8 Å². The van der Waals surface area contributed by atoms with E-state index in [1.165, 1.54) is 76.2 Å². The van der Waals surface area contributed by atoms with Crippen molar-refractivity contribution >= 4 is 82.7 Å². The molecule has 8 amide bonds. The van der Waals surface area contributed by atoms with Crippen LogP contribution in [0, 0.1) is 0 Å². The Morgan fingerprint density at radius 3 is 1.34 bits per heavy atom. The number of aliphatic hydroxyl groups excluding tert-OH is 6. The van der Waals surface area contributed by atoms with E-state index in [1.54, 1.807) is 60.7 Å². The number of aryl methyl sites for hydroxylation is 1. The van der Waals surface area contributed by atoms with Gasteiger partial charge in [-0.05, 0) is 137 Å². The fraction of sp³-hybridized carbons (Fsp3) is 0.480. The minimum atomic E-state index is -2.56. The van der Waals surface area contributed by atoms with Gasteiger partial charge in [-0.25, -0.2) is 9.59 Å². The maximum atomic E-state index is 13.9. The second-order valence-corrected chi connectivity index (χ2v) is 36.4. The predicted molar refractivity (Wildman–Crippen MR) is 532 cm³/mol. The summed E-state index contributed by atoms with van der Waals surface area (Å²) in [5.74, 6) is -9.98. The van der Waals surface area contributed by atoms with Crippen LogP contribution in [0.2, 0.25) is 0 Å². The Labute approximate surface area is 875 Å². The van der Waals surface area contributed by atoms with E-state index in [-0.39, 0.29) is 212 Å². The van der Waals surface area contributed by atoms with Gasteiger partial charge in [-0.15, -0.1) is 0 Å². The van der Waals surface area contributed by atoms with Crippen LogP contribution in [0.5, 0.6) is 28.7 Å². The number of thioether (sulfide) groups is 2. The molecule has 3 aliphatic rings. The van der Waals surface area contributed by atoms with Gasteiger partial charge in [0.1, 0.15) is 36.8 Å². The number of ether oxygens (including phenoxy) is 14. The molecule has 0 spiro atoms. The zero-order valence-electron chi connectivity index (χ0n) is 82.6. The van der Waals surface area contributed by atoms with Gasteiger partial charge >= 0.3 is 41.5 Å². The second kappa shape index (κ2) is 61.1. The van der Waals surface area contributed by atoms with Crippen LogP contribution in [0.4, 0.5) is 0 Å². The summed E-state index contributed by atoms with van der Waals surface area (Å²) >= 11 is 2.74. The third-order valence-corrected chi connectivity index (χ3v) is 25.9. The molecule has 13 atom stereocenters. The summed E-state index contributed by atoms with van der Waals surface area (Å²) in [7, 11) is 5.93.